The number of rotatable bonds is 5. The van der Waals surface area contributed by atoms with Crippen molar-refractivity contribution < 1.29 is 63.3 Å². The van der Waals surface area contributed by atoms with E-state index in [0.717, 1.165) is 18.2 Å². The molecule has 38 heavy (non-hydrogen) atoms. The third kappa shape index (κ3) is 5.71. The van der Waals surface area contributed by atoms with Gasteiger partial charge in [-0.1, -0.05) is 0 Å². The summed E-state index contributed by atoms with van der Waals surface area (Å²) in [6.45, 7) is 0.190. The van der Waals surface area contributed by atoms with Crippen LogP contribution < -0.4 is 14.4 Å². The fraction of sp³-hybridized carbons (Fsp3) is 0.333. The Hall–Kier alpha value is -3.76. The summed E-state index contributed by atoms with van der Waals surface area (Å²) in [6.07, 6.45) is -13.6. The molecule has 0 spiro atoms. The van der Waals surface area contributed by atoms with E-state index in [2.05, 4.69) is 4.74 Å². The Kier molecular flexibility index (Phi) is 7.22. The van der Waals surface area contributed by atoms with Crippen LogP contribution in [0.1, 0.15) is 19.4 Å². The molecule has 1 aliphatic heterocycles. The van der Waals surface area contributed by atoms with E-state index in [-0.39, 0.29) is 17.8 Å². The van der Waals surface area contributed by atoms with Crippen LogP contribution in [0, 0.1) is 5.82 Å². The Morgan fingerprint density at radius 3 is 2.26 bits per heavy atom. The summed E-state index contributed by atoms with van der Waals surface area (Å²) in [5, 5.41) is 11.3. The molecule has 2 aromatic carbocycles. The van der Waals surface area contributed by atoms with Crippen molar-refractivity contribution in [3.05, 3.63) is 47.8 Å². The average Bonchev–Trinajstić information content (AvgIpc) is 2.76. The summed E-state index contributed by atoms with van der Waals surface area (Å²) >= 11 is 0. The maximum atomic E-state index is 13.7. The molecule has 9 nitrogen and oxygen atoms in total. The highest BCUT2D eigenvalue weighted by Gasteiger charge is 2.51. The molecular formula is C21H17F7N2O7S. The van der Waals surface area contributed by atoms with Gasteiger partial charge in [0.1, 0.15) is 11.6 Å². The number of alkyl halides is 6. The largest absolute Gasteiger partial charge is 0.478 e. The predicted molar refractivity (Wildman–Crippen MR) is 115 cm³/mol. The van der Waals surface area contributed by atoms with E-state index in [1.165, 1.54) is 0 Å². The van der Waals surface area contributed by atoms with Gasteiger partial charge in [-0.2, -0.15) is 26.3 Å². The third-order valence-electron chi connectivity index (χ3n) is 5.21. The number of nitrogens with one attached hydrogen (secondary N) is 1. The first-order chi connectivity index (χ1) is 17.2. The summed E-state index contributed by atoms with van der Waals surface area (Å²) in [5.74, 6) is -3.79. The zero-order valence-corrected chi connectivity index (χ0v) is 20.0. The zero-order valence-electron chi connectivity index (χ0n) is 19.1. The van der Waals surface area contributed by atoms with Gasteiger partial charge in [-0.25, -0.2) is 22.4 Å². The van der Waals surface area contributed by atoms with Gasteiger partial charge >= 0.3 is 24.4 Å². The summed E-state index contributed by atoms with van der Waals surface area (Å²) in [4.78, 5) is 22.5. The van der Waals surface area contributed by atoms with E-state index in [0.29, 0.717) is 24.2 Å². The molecule has 17 heteroatoms. The number of benzene rings is 2. The number of halogens is 7. The van der Waals surface area contributed by atoms with Crippen LogP contribution in [0.5, 0.6) is 5.75 Å². The topological polar surface area (TPSA) is 122 Å². The van der Waals surface area contributed by atoms with Crippen LogP contribution in [0.2, 0.25) is 0 Å². The lowest BCUT2D eigenvalue weighted by Crippen LogP contribution is -2.47. The van der Waals surface area contributed by atoms with Crippen LogP contribution in [0.15, 0.2) is 41.3 Å². The lowest BCUT2D eigenvalue weighted by atomic mass is 10.1. The van der Waals surface area contributed by atoms with Crippen molar-refractivity contribution in [2.24, 2.45) is 0 Å². The van der Waals surface area contributed by atoms with Crippen molar-refractivity contribution >= 4 is 33.5 Å². The minimum atomic E-state index is -5.26. The number of hydrogen-bond acceptors (Lipinski definition) is 6. The minimum Gasteiger partial charge on any atom is -0.478 e. The number of amides is 1. The highest BCUT2D eigenvalue weighted by Crippen LogP contribution is 2.41. The molecule has 0 aromatic heterocycles. The smallest absolute Gasteiger partial charge is 0.427 e. The summed E-state index contributed by atoms with van der Waals surface area (Å²) in [5.41, 5.74) is -5.61. The maximum absolute atomic E-state index is 13.7. The molecule has 1 atom stereocenters. The minimum absolute atomic E-state index is 0.0221. The average molecular weight is 574 g/mol. The van der Waals surface area contributed by atoms with Gasteiger partial charge in [0.25, 0.3) is 10.0 Å². The summed E-state index contributed by atoms with van der Waals surface area (Å²) in [7, 11) is -5.00. The van der Waals surface area contributed by atoms with Crippen molar-refractivity contribution in [2.75, 3.05) is 16.2 Å². The van der Waals surface area contributed by atoms with Crippen molar-refractivity contribution in [1.29, 1.82) is 0 Å². The van der Waals surface area contributed by atoms with Crippen LogP contribution in [-0.2, 0) is 25.7 Å². The molecule has 1 unspecified atom stereocenters. The second kappa shape index (κ2) is 9.52. The molecule has 0 fully saturated rings. The van der Waals surface area contributed by atoms with Gasteiger partial charge in [-0.3, -0.25) is 9.62 Å². The van der Waals surface area contributed by atoms with Crippen molar-refractivity contribution in [2.45, 2.75) is 42.8 Å². The van der Waals surface area contributed by atoms with Gasteiger partial charge in [0.05, 0.1) is 22.7 Å². The molecule has 3 rings (SSSR count). The number of carbonyl (C=O) groups excluding carboxylic acids is 1. The fourth-order valence-corrected chi connectivity index (χ4v) is 4.62. The lowest BCUT2D eigenvalue weighted by molar-refractivity contribution is -0.242. The monoisotopic (exact) mass is 574 g/mol. The highest BCUT2D eigenvalue weighted by atomic mass is 32.2. The second-order valence-electron chi connectivity index (χ2n) is 8.33. The Bertz CT molecular complexity index is 1370. The van der Waals surface area contributed by atoms with E-state index in [1.54, 1.807) is 0 Å². The van der Waals surface area contributed by atoms with Gasteiger partial charge in [-0.05, 0) is 50.2 Å². The number of carboxylic acid groups (broad SMARTS) is 1. The van der Waals surface area contributed by atoms with E-state index >= 15 is 0 Å². The van der Waals surface area contributed by atoms with Gasteiger partial charge in [0.15, 0.2) is 0 Å². The number of aliphatic carboxylic acids is 1. The number of anilines is 2. The quantitative estimate of drug-likeness (QED) is 0.493. The van der Waals surface area contributed by atoms with Gasteiger partial charge in [0, 0.05) is 5.69 Å². The van der Waals surface area contributed by atoms with Crippen LogP contribution >= 0.6 is 0 Å². The van der Waals surface area contributed by atoms with E-state index in [9.17, 15) is 53.8 Å². The molecule has 2 N–H and O–H groups in total. The maximum Gasteiger partial charge on any atom is 0.427 e. The number of nitrogens with zero attached hydrogens (tertiary/aromatic N) is 1. The fourth-order valence-electron chi connectivity index (χ4n) is 3.13. The molecule has 0 radical (unpaired) electrons. The SMILES string of the molecule is CC(C)(OC(=O)Nc1ccc2c(c1)N(S(=O)(=O)c1ccc(F)c(C(F)(F)F)c1)CC(C(=O)O)O2)C(F)(F)F. The van der Waals surface area contributed by atoms with Crippen LogP contribution in [0.3, 0.4) is 0 Å². The molecular weight excluding hydrogens is 557 g/mol. The first kappa shape index (κ1) is 28.8. The number of ether oxygens (including phenoxy) is 2. The Balaban J connectivity index is 2.04. The van der Waals surface area contributed by atoms with Gasteiger partial charge in [-0.15, -0.1) is 0 Å². The lowest BCUT2D eigenvalue weighted by Gasteiger charge is -2.34. The highest BCUT2D eigenvalue weighted by molar-refractivity contribution is 7.92. The number of sulfonamides is 1. The zero-order chi connectivity index (χ0) is 28.8. The summed E-state index contributed by atoms with van der Waals surface area (Å²) in [6, 6.07) is 3.68. The van der Waals surface area contributed by atoms with Crippen molar-refractivity contribution in [1.82, 2.24) is 0 Å². The molecule has 0 saturated carbocycles. The van der Waals surface area contributed by atoms with Crippen LogP contribution in [0.25, 0.3) is 0 Å². The van der Waals surface area contributed by atoms with Crippen molar-refractivity contribution in [3.63, 3.8) is 0 Å². The number of hydrogen-bond donors (Lipinski definition) is 2. The molecule has 0 saturated heterocycles. The Morgan fingerprint density at radius 1 is 1.08 bits per heavy atom. The molecule has 1 heterocycles. The molecule has 208 valence electrons. The third-order valence-corrected chi connectivity index (χ3v) is 6.99. The molecule has 0 aliphatic carbocycles. The number of fused-ring (bicyclic) bond motifs is 1. The van der Waals surface area contributed by atoms with Gasteiger partial charge < -0.3 is 14.6 Å². The van der Waals surface area contributed by atoms with Crippen LogP contribution in [0.4, 0.5) is 46.9 Å². The Morgan fingerprint density at radius 2 is 1.71 bits per heavy atom. The standard InChI is InChI=1S/C21H17F7N2O7S/c1-19(2,21(26,27)28)37-18(33)29-10-3-6-15-14(7-10)30(9-16(36-15)17(31)32)38(34,35)11-4-5-13(22)12(8-11)20(23,24)25/h3-8,16H,9H2,1-2H3,(H,29,33)(H,31,32). The van der Waals surface area contributed by atoms with Crippen LogP contribution in [-0.4, -0.2) is 50.0 Å². The number of carbonyl (C=O) groups is 2. The van der Waals surface area contributed by atoms with E-state index in [1.807, 2.05) is 5.32 Å². The summed E-state index contributed by atoms with van der Waals surface area (Å²) < 4.78 is 129. The molecule has 2 aromatic rings. The van der Waals surface area contributed by atoms with E-state index < -0.39 is 80.4 Å². The predicted octanol–water partition coefficient (Wildman–Crippen LogP) is 4.77. The van der Waals surface area contributed by atoms with Gasteiger partial charge in [0.2, 0.25) is 11.7 Å². The van der Waals surface area contributed by atoms with E-state index in [4.69, 9.17) is 4.74 Å². The normalized spacial score (nSPS) is 16.3. The molecule has 0 bridgehead atoms. The first-order valence-electron chi connectivity index (χ1n) is 10.2. The number of carboxylic acids is 1. The molecule has 1 amide bonds. The molecule has 1 aliphatic rings. The second-order valence-corrected chi connectivity index (χ2v) is 10.2. The Labute approximate surface area is 209 Å². The van der Waals surface area contributed by atoms with Crippen molar-refractivity contribution in [3.8, 4) is 5.75 Å². The first-order valence-corrected chi connectivity index (χ1v) is 11.7.